The molecule has 0 radical (unpaired) electrons. The van der Waals surface area contributed by atoms with Crippen LogP contribution in [0.4, 0.5) is 19.7 Å². The van der Waals surface area contributed by atoms with Gasteiger partial charge in [-0.3, -0.25) is 0 Å². The zero-order valence-electron chi connectivity index (χ0n) is 30.3. The third kappa shape index (κ3) is 8.15. The second kappa shape index (κ2) is 17.0. The number of fused-ring (bicyclic) bond motifs is 3. The van der Waals surface area contributed by atoms with Crippen LogP contribution in [0.2, 0.25) is 0 Å². The van der Waals surface area contributed by atoms with E-state index in [1.54, 1.807) is 13.1 Å². The summed E-state index contributed by atoms with van der Waals surface area (Å²) in [6, 6.07) is 2.12. The van der Waals surface area contributed by atoms with Gasteiger partial charge in [-0.25, -0.2) is 18.7 Å². The second-order valence-corrected chi connectivity index (χ2v) is 14.5. The molecular weight excluding hydrogens is 643 g/mol. The molecule has 1 fully saturated rings. The minimum atomic E-state index is -0.580. The summed E-state index contributed by atoms with van der Waals surface area (Å²) in [6.07, 6.45) is 6.91. The molecule has 266 valence electrons. The number of nitrogens with two attached hydrogens (primary N) is 1. The maximum atomic E-state index is 16.8. The van der Waals surface area contributed by atoms with Crippen LogP contribution in [0, 0.1) is 29.0 Å². The van der Waals surface area contributed by atoms with E-state index in [0.29, 0.717) is 47.5 Å². The van der Waals surface area contributed by atoms with Gasteiger partial charge in [0.1, 0.15) is 22.4 Å². The van der Waals surface area contributed by atoms with Gasteiger partial charge in [-0.05, 0) is 69.3 Å². The van der Waals surface area contributed by atoms with Crippen LogP contribution in [-0.2, 0) is 18.0 Å². The van der Waals surface area contributed by atoms with Crippen molar-refractivity contribution in [1.29, 1.82) is 5.26 Å². The number of allylic oxidation sites excluding steroid dienone is 2. The van der Waals surface area contributed by atoms with Crippen molar-refractivity contribution in [3.8, 4) is 6.07 Å². The maximum absolute atomic E-state index is 16.8. The second-order valence-electron chi connectivity index (χ2n) is 13.5. The Kier molecular flexibility index (Phi) is 13.3. The number of hydrogen-bond acceptors (Lipinski definition) is 9. The van der Waals surface area contributed by atoms with Gasteiger partial charge in [-0.2, -0.15) is 5.26 Å². The summed E-state index contributed by atoms with van der Waals surface area (Å²) in [6.45, 7) is 18.0. The first-order valence-electron chi connectivity index (χ1n) is 17.5. The van der Waals surface area contributed by atoms with Crippen LogP contribution >= 0.6 is 11.3 Å². The Morgan fingerprint density at radius 1 is 1.24 bits per heavy atom. The van der Waals surface area contributed by atoms with Gasteiger partial charge in [0.15, 0.2) is 5.82 Å². The van der Waals surface area contributed by atoms with Crippen molar-refractivity contribution >= 4 is 44.6 Å². The molecule has 3 atom stereocenters. The van der Waals surface area contributed by atoms with E-state index in [1.807, 2.05) is 25.7 Å². The Morgan fingerprint density at radius 2 is 1.96 bits per heavy atom. The number of halogens is 2. The van der Waals surface area contributed by atoms with Crippen molar-refractivity contribution in [3.05, 3.63) is 56.4 Å². The lowest BCUT2D eigenvalue weighted by Gasteiger charge is -2.20. The lowest BCUT2D eigenvalue weighted by molar-refractivity contribution is 0.134. The number of nitriles is 1. The molecule has 0 bridgehead atoms. The van der Waals surface area contributed by atoms with E-state index >= 15 is 8.78 Å². The summed E-state index contributed by atoms with van der Waals surface area (Å²) in [5.74, 6) is 0.138. The summed E-state index contributed by atoms with van der Waals surface area (Å²) in [5, 5.41) is 21.0. The van der Waals surface area contributed by atoms with E-state index in [1.165, 1.54) is 38.4 Å². The van der Waals surface area contributed by atoms with Crippen molar-refractivity contribution in [2.75, 3.05) is 43.9 Å². The number of hydrogen-bond donors (Lipinski definition) is 2. The highest BCUT2D eigenvalue weighted by molar-refractivity contribution is 7.17. The van der Waals surface area contributed by atoms with E-state index < -0.39 is 17.7 Å². The summed E-state index contributed by atoms with van der Waals surface area (Å²) < 4.78 is 37.7. The lowest BCUT2D eigenvalue weighted by atomic mass is 9.85. The molecule has 8 nitrogen and oxygen atoms in total. The molecule has 5 rings (SSSR count). The first-order chi connectivity index (χ1) is 23.4. The Hall–Kier alpha value is -3.43. The SMILES string of the molecule is C/C=C(/F)c1sc(N)c(C#N)c1C(=C(C)CC)c1c2c(c3cnc(N4CC(C)C(O)C4)nc3c1F)COC2.CCC[C@@H](C)CN(C)CCC. The minimum Gasteiger partial charge on any atom is -0.391 e. The van der Waals surface area contributed by atoms with Crippen molar-refractivity contribution in [2.45, 2.75) is 93.5 Å². The number of rotatable bonds is 11. The fraction of sp³-hybridized carbons (Fsp3) is 0.553. The first-order valence-corrected chi connectivity index (χ1v) is 18.3. The molecule has 0 spiro atoms. The molecule has 0 aliphatic carbocycles. The molecule has 49 heavy (non-hydrogen) atoms. The van der Waals surface area contributed by atoms with E-state index in [9.17, 15) is 10.4 Å². The number of aliphatic hydroxyl groups is 1. The molecule has 11 heteroatoms. The topological polar surface area (TPSA) is 112 Å². The molecule has 1 saturated heterocycles. The number of nitrogen functional groups attached to an aromatic ring is 1. The van der Waals surface area contributed by atoms with Gasteiger partial charge in [0.25, 0.3) is 0 Å². The van der Waals surface area contributed by atoms with Gasteiger partial charge in [-0.15, -0.1) is 11.3 Å². The standard InChI is InChI=1S/C28H29F2N5O2S.C10H23N/c1-5-13(3)21(23-15(7-31)27(32)38-26(23)19(29)6-2)22-18-12-37-11-17(18)16-8-33-28(34-25(16)24(22)30)35-9-14(4)20(36)10-35;1-5-7-10(3)9-11(4)8-6-2/h6,8,14,20,36H,5,9-12,32H2,1-4H3;10H,5-9H2,1-4H3/b19-6+,21-13?;/t;10-/m.1/s1. The number of ether oxygens (including phenoxy) is 1. The number of aromatic nitrogens is 2. The Morgan fingerprint density at radius 3 is 2.55 bits per heavy atom. The third-order valence-corrected chi connectivity index (χ3v) is 10.6. The van der Waals surface area contributed by atoms with Crippen molar-refractivity contribution in [2.24, 2.45) is 11.8 Å². The molecule has 2 aliphatic rings. The fourth-order valence-corrected chi connectivity index (χ4v) is 7.84. The van der Waals surface area contributed by atoms with Crippen LogP contribution in [0.15, 0.2) is 17.8 Å². The number of benzene rings is 1. The Bertz CT molecular complexity index is 1730. The monoisotopic (exact) mass is 694 g/mol. The summed E-state index contributed by atoms with van der Waals surface area (Å²) in [5.41, 5.74) is 9.60. The zero-order chi connectivity index (χ0) is 36.0. The predicted molar refractivity (Wildman–Crippen MR) is 197 cm³/mol. The molecule has 3 aromatic rings. The van der Waals surface area contributed by atoms with Gasteiger partial charge in [-0.1, -0.05) is 52.7 Å². The number of thiophene rings is 1. The van der Waals surface area contributed by atoms with Crippen LogP contribution in [0.25, 0.3) is 22.3 Å². The summed E-state index contributed by atoms with van der Waals surface area (Å²) in [4.78, 5) is 13.6. The average molecular weight is 695 g/mol. The molecule has 4 heterocycles. The van der Waals surface area contributed by atoms with E-state index in [-0.39, 0.29) is 45.7 Å². The first kappa shape index (κ1) is 38.4. The predicted octanol–water partition coefficient (Wildman–Crippen LogP) is 8.46. The minimum absolute atomic E-state index is 0.0401. The lowest BCUT2D eigenvalue weighted by Crippen LogP contribution is -2.24. The smallest absolute Gasteiger partial charge is 0.226 e. The summed E-state index contributed by atoms with van der Waals surface area (Å²) >= 11 is 0.980. The maximum Gasteiger partial charge on any atom is 0.226 e. The van der Waals surface area contributed by atoms with E-state index in [4.69, 9.17) is 10.5 Å². The third-order valence-electron chi connectivity index (χ3n) is 9.53. The van der Waals surface area contributed by atoms with Gasteiger partial charge in [0, 0.05) is 48.3 Å². The van der Waals surface area contributed by atoms with Gasteiger partial charge in [0.05, 0.1) is 29.8 Å². The number of nitrogens with zero attached hydrogens (tertiary/aromatic N) is 5. The van der Waals surface area contributed by atoms with Gasteiger partial charge in [0.2, 0.25) is 5.95 Å². The normalized spacial score (nSPS) is 18.8. The van der Waals surface area contributed by atoms with E-state index in [2.05, 4.69) is 48.8 Å². The van der Waals surface area contributed by atoms with Crippen molar-refractivity contribution in [3.63, 3.8) is 0 Å². The van der Waals surface area contributed by atoms with Crippen LogP contribution in [0.3, 0.4) is 0 Å². The molecular formula is C38H52F2N6O2S. The van der Waals surface area contributed by atoms with Crippen molar-refractivity contribution < 1.29 is 18.6 Å². The van der Waals surface area contributed by atoms with Crippen LogP contribution < -0.4 is 10.6 Å². The molecule has 3 N–H and O–H groups in total. The van der Waals surface area contributed by atoms with Crippen LogP contribution in [0.5, 0.6) is 0 Å². The highest BCUT2D eigenvalue weighted by Crippen LogP contribution is 2.47. The molecule has 2 aromatic heterocycles. The Labute approximate surface area is 294 Å². The van der Waals surface area contributed by atoms with Crippen molar-refractivity contribution in [1.82, 2.24) is 14.9 Å². The number of β-amino-alcohol motifs (C(OH)–C–C–N with tert-alkyl or cyclic N) is 1. The van der Waals surface area contributed by atoms with E-state index in [0.717, 1.165) is 28.4 Å². The molecule has 0 amide bonds. The van der Waals surface area contributed by atoms with Crippen LogP contribution in [0.1, 0.15) is 107 Å². The number of aliphatic hydroxyl groups excluding tert-OH is 1. The largest absolute Gasteiger partial charge is 0.391 e. The van der Waals surface area contributed by atoms with Crippen LogP contribution in [-0.4, -0.2) is 59.3 Å². The zero-order valence-corrected chi connectivity index (χ0v) is 31.1. The number of anilines is 2. The summed E-state index contributed by atoms with van der Waals surface area (Å²) in [7, 11) is 2.22. The highest BCUT2D eigenvalue weighted by atomic mass is 32.1. The fourth-order valence-electron chi connectivity index (χ4n) is 6.85. The molecule has 2 unspecified atom stereocenters. The highest BCUT2D eigenvalue weighted by Gasteiger charge is 2.34. The quantitative estimate of drug-likeness (QED) is 0.206. The molecule has 2 aliphatic heterocycles. The Balaban J connectivity index is 0.000000424. The van der Waals surface area contributed by atoms with Gasteiger partial charge < -0.3 is 25.4 Å². The molecule has 0 saturated carbocycles. The molecule has 1 aromatic carbocycles. The van der Waals surface area contributed by atoms with Gasteiger partial charge >= 0.3 is 0 Å². The average Bonchev–Trinajstić information content (AvgIpc) is 3.79.